The van der Waals surface area contributed by atoms with E-state index in [1.807, 2.05) is 6.07 Å². The van der Waals surface area contributed by atoms with Gasteiger partial charge in [-0.2, -0.15) is 0 Å². The highest BCUT2D eigenvalue weighted by Crippen LogP contribution is 2.30. The van der Waals surface area contributed by atoms with Gasteiger partial charge in [-0.25, -0.2) is 14.4 Å². The zero-order valence-electron chi connectivity index (χ0n) is 11.3. The van der Waals surface area contributed by atoms with E-state index < -0.39 is 5.82 Å². The van der Waals surface area contributed by atoms with Crippen molar-refractivity contribution in [3.63, 3.8) is 0 Å². The molecule has 0 amide bonds. The SMILES string of the molecule is Nc1cc2c(cn1)[nH]c1ncc(-c3ccc(F)c(Cl)c3)cc12. The van der Waals surface area contributed by atoms with E-state index >= 15 is 0 Å². The largest absolute Gasteiger partial charge is 0.384 e. The Hall–Kier alpha value is -2.66. The van der Waals surface area contributed by atoms with Crippen molar-refractivity contribution < 1.29 is 4.39 Å². The summed E-state index contributed by atoms with van der Waals surface area (Å²) in [5.74, 6) is 0.00836. The monoisotopic (exact) mass is 312 g/mol. The van der Waals surface area contributed by atoms with Gasteiger partial charge in [0.2, 0.25) is 0 Å². The van der Waals surface area contributed by atoms with Crippen LogP contribution in [0.15, 0.2) is 42.7 Å². The van der Waals surface area contributed by atoms with Crippen LogP contribution in [-0.4, -0.2) is 15.0 Å². The van der Waals surface area contributed by atoms with E-state index in [2.05, 4.69) is 15.0 Å². The summed E-state index contributed by atoms with van der Waals surface area (Å²) in [6.45, 7) is 0. The summed E-state index contributed by atoms with van der Waals surface area (Å²) >= 11 is 5.85. The normalized spacial score (nSPS) is 11.4. The van der Waals surface area contributed by atoms with E-state index in [1.165, 1.54) is 6.07 Å². The summed E-state index contributed by atoms with van der Waals surface area (Å²) in [4.78, 5) is 11.7. The van der Waals surface area contributed by atoms with Gasteiger partial charge in [0.15, 0.2) is 0 Å². The third-order valence-electron chi connectivity index (χ3n) is 3.61. The van der Waals surface area contributed by atoms with Gasteiger partial charge < -0.3 is 10.7 Å². The van der Waals surface area contributed by atoms with Crippen LogP contribution in [0.2, 0.25) is 5.02 Å². The van der Waals surface area contributed by atoms with Crippen LogP contribution in [0.3, 0.4) is 0 Å². The maximum absolute atomic E-state index is 13.3. The molecule has 108 valence electrons. The van der Waals surface area contributed by atoms with Gasteiger partial charge in [0.25, 0.3) is 0 Å². The fourth-order valence-corrected chi connectivity index (χ4v) is 2.71. The quantitative estimate of drug-likeness (QED) is 0.554. The number of rotatable bonds is 1. The van der Waals surface area contributed by atoms with Crippen LogP contribution in [0, 0.1) is 5.82 Å². The molecule has 0 spiro atoms. The van der Waals surface area contributed by atoms with Gasteiger partial charge in [-0.15, -0.1) is 0 Å². The molecule has 0 bridgehead atoms. The molecule has 0 unspecified atom stereocenters. The van der Waals surface area contributed by atoms with Gasteiger partial charge in [-0.05, 0) is 29.8 Å². The van der Waals surface area contributed by atoms with Gasteiger partial charge in [0.05, 0.1) is 16.7 Å². The molecule has 0 aliphatic rings. The maximum Gasteiger partial charge on any atom is 0.141 e. The molecular weight excluding hydrogens is 303 g/mol. The first-order chi connectivity index (χ1) is 10.6. The number of pyridine rings is 2. The number of nitrogens with two attached hydrogens (primary N) is 1. The predicted molar refractivity (Wildman–Crippen MR) is 86.2 cm³/mol. The van der Waals surface area contributed by atoms with Crippen molar-refractivity contribution in [2.75, 3.05) is 5.73 Å². The highest BCUT2D eigenvalue weighted by molar-refractivity contribution is 6.31. The van der Waals surface area contributed by atoms with E-state index in [0.717, 1.165) is 33.1 Å². The van der Waals surface area contributed by atoms with Crippen molar-refractivity contribution in [3.8, 4) is 11.1 Å². The number of fused-ring (bicyclic) bond motifs is 3. The van der Waals surface area contributed by atoms with E-state index in [0.29, 0.717) is 5.82 Å². The molecule has 0 atom stereocenters. The average Bonchev–Trinajstić information content (AvgIpc) is 2.87. The minimum Gasteiger partial charge on any atom is -0.384 e. The lowest BCUT2D eigenvalue weighted by atomic mass is 10.1. The molecule has 4 rings (SSSR count). The van der Waals surface area contributed by atoms with Crippen LogP contribution in [0.25, 0.3) is 33.1 Å². The average molecular weight is 313 g/mol. The number of hydrogen-bond acceptors (Lipinski definition) is 3. The molecule has 0 aliphatic carbocycles. The molecule has 0 fully saturated rings. The second-order valence-corrected chi connectivity index (χ2v) is 5.44. The van der Waals surface area contributed by atoms with Crippen LogP contribution in [0.4, 0.5) is 10.2 Å². The van der Waals surface area contributed by atoms with Gasteiger partial charge in [0, 0.05) is 22.5 Å². The molecule has 4 nitrogen and oxygen atoms in total. The summed E-state index contributed by atoms with van der Waals surface area (Å²) in [6, 6.07) is 8.39. The van der Waals surface area contributed by atoms with E-state index in [1.54, 1.807) is 30.6 Å². The second-order valence-electron chi connectivity index (χ2n) is 5.03. The lowest BCUT2D eigenvalue weighted by Crippen LogP contribution is -1.87. The van der Waals surface area contributed by atoms with Gasteiger partial charge in [0.1, 0.15) is 17.3 Å². The molecule has 6 heteroatoms. The molecule has 0 saturated heterocycles. The third-order valence-corrected chi connectivity index (χ3v) is 3.90. The Morgan fingerprint density at radius 2 is 1.86 bits per heavy atom. The van der Waals surface area contributed by atoms with Crippen molar-refractivity contribution in [3.05, 3.63) is 53.6 Å². The Labute approximate surface area is 129 Å². The molecule has 22 heavy (non-hydrogen) atoms. The Kier molecular flexibility index (Phi) is 2.77. The van der Waals surface area contributed by atoms with Gasteiger partial charge in [-0.3, -0.25) is 0 Å². The van der Waals surface area contributed by atoms with Gasteiger partial charge in [-0.1, -0.05) is 17.7 Å². The highest BCUT2D eigenvalue weighted by Gasteiger charge is 2.09. The lowest BCUT2D eigenvalue weighted by molar-refractivity contribution is 0.628. The minimum absolute atomic E-state index is 0.0879. The zero-order chi connectivity index (χ0) is 15.3. The van der Waals surface area contributed by atoms with Crippen molar-refractivity contribution in [2.24, 2.45) is 0 Å². The van der Waals surface area contributed by atoms with Crippen molar-refractivity contribution in [1.82, 2.24) is 15.0 Å². The maximum atomic E-state index is 13.3. The second kappa shape index (κ2) is 4.68. The van der Waals surface area contributed by atoms with Crippen LogP contribution >= 0.6 is 11.6 Å². The fourth-order valence-electron chi connectivity index (χ4n) is 2.52. The summed E-state index contributed by atoms with van der Waals surface area (Å²) in [5.41, 5.74) is 9.03. The Balaban J connectivity index is 1.97. The third kappa shape index (κ3) is 1.98. The number of hydrogen-bond donors (Lipinski definition) is 2. The molecule has 1 aromatic carbocycles. The van der Waals surface area contributed by atoms with E-state index in [-0.39, 0.29) is 5.02 Å². The molecule has 4 aromatic rings. The number of aromatic nitrogens is 3. The lowest BCUT2D eigenvalue weighted by Gasteiger charge is -2.03. The molecule has 3 aromatic heterocycles. The van der Waals surface area contributed by atoms with Gasteiger partial charge >= 0.3 is 0 Å². The van der Waals surface area contributed by atoms with Crippen LogP contribution in [0.1, 0.15) is 0 Å². The van der Waals surface area contributed by atoms with E-state index in [4.69, 9.17) is 17.3 Å². The fraction of sp³-hybridized carbons (Fsp3) is 0. The number of nitrogens with one attached hydrogen (secondary N) is 1. The zero-order valence-corrected chi connectivity index (χ0v) is 12.0. The van der Waals surface area contributed by atoms with Crippen LogP contribution < -0.4 is 5.73 Å². The first kappa shape index (κ1) is 13.0. The first-order valence-electron chi connectivity index (χ1n) is 6.60. The Morgan fingerprint density at radius 3 is 2.68 bits per heavy atom. The molecular formula is C16H10ClFN4. The number of nitrogens with zero attached hydrogens (tertiary/aromatic N) is 2. The molecule has 0 saturated carbocycles. The number of benzene rings is 1. The number of halogens is 2. The summed E-state index contributed by atoms with van der Waals surface area (Å²) < 4.78 is 13.3. The number of anilines is 1. The number of aromatic amines is 1. The standard InChI is InChI=1S/C16H10ClFN4/c17-12-4-8(1-2-13(12)18)9-3-11-10-5-15(19)20-7-14(10)22-16(11)21-6-9/h1-7H,(H2,19,20)(H,21,22). The first-order valence-corrected chi connectivity index (χ1v) is 6.98. The van der Waals surface area contributed by atoms with Crippen molar-refractivity contribution >= 4 is 39.4 Å². The number of H-pyrrole nitrogens is 1. The van der Waals surface area contributed by atoms with Crippen LogP contribution in [0.5, 0.6) is 0 Å². The molecule has 3 N–H and O–H groups in total. The predicted octanol–water partition coefficient (Wildman–Crippen LogP) is 4.15. The highest BCUT2D eigenvalue weighted by atomic mass is 35.5. The minimum atomic E-state index is -0.439. The van der Waals surface area contributed by atoms with Crippen LogP contribution in [-0.2, 0) is 0 Å². The molecule has 0 radical (unpaired) electrons. The van der Waals surface area contributed by atoms with E-state index in [9.17, 15) is 4.39 Å². The topological polar surface area (TPSA) is 67.6 Å². The van der Waals surface area contributed by atoms with Crippen molar-refractivity contribution in [2.45, 2.75) is 0 Å². The molecule has 3 heterocycles. The number of nitrogen functional groups attached to an aromatic ring is 1. The summed E-state index contributed by atoms with van der Waals surface area (Å²) in [5, 5.41) is 1.97. The Morgan fingerprint density at radius 1 is 1.00 bits per heavy atom. The smallest absolute Gasteiger partial charge is 0.141 e. The summed E-state index contributed by atoms with van der Waals surface area (Å²) in [6.07, 6.45) is 3.40. The molecule has 0 aliphatic heterocycles. The Bertz CT molecular complexity index is 1030. The van der Waals surface area contributed by atoms with Crippen molar-refractivity contribution in [1.29, 1.82) is 0 Å². The summed E-state index contributed by atoms with van der Waals surface area (Å²) in [7, 11) is 0.